The lowest BCUT2D eigenvalue weighted by molar-refractivity contribution is 0.0925. The third kappa shape index (κ3) is 4.62. The molecule has 0 aliphatic carbocycles. The van der Waals surface area contributed by atoms with Gasteiger partial charge in [0.05, 0.1) is 14.8 Å². The molecule has 0 atom stereocenters. The Hall–Kier alpha value is -2.29. The molecule has 128 valence electrons. The van der Waals surface area contributed by atoms with Crippen LogP contribution in [0.3, 0.4) is 0 Å². The molecule has 0 saturated heterocycles. The summed E-state index contributed by atoms with van der Waals surface area (Å²) in [6.45, 7) is 0.625. The molecule has 9 heteroatoms. The molecule has 3 aromatic heterocycles. The Morgan fingerprint density at radius 3 is 2.60 bits per heavy atom. The summed E-state index contributed by atoms with van der Waals surface area (Å²) in [5, 5.41) is 7.90. The lowest BCUT2D eigenvalue weighted by Crippen LogP contribution is -2.34. The topological polar surface area (TPSA) is 84.0 Å². The molecule has 2 amide bonds. The molecule has 2 N–H and O–H groups in total. The lowest BCUT2D eigenvalue weighted by Gasteiger charge is -2.05. The van der Waals surface area contributed by atoms with E-state index in [-0.39, 0.29) is 11.8 Å². The number of thiophene rings is 1. The molecule has 0 aliphatic rings. The van der Waals surface area contributed by atoms with Gasteiger partial charge in [0.25, 0.3) is 11.8 Å². The third-order valence-corrected chi connectivity index (χ3v) is 5.38. The third-order valence-electron chi connectivity index (χ3n) is 3.14. The first-order valence-corrected chi connectivity index (χ1v) is 9.38. The second-order valence-corrected chi connectivity index (χ2v) is 7.47. The van der Waals surface area contributed by atoms with Crippen LogP contribution in [0.5, 0.6) is 0 Å². The number of pyridine rings is 1. The Morgan fingerprint density at radius 1 is 1.12 bits per heavy atom. The van der Waals surface area contributed by atoms with Gasteiger partial charge in [-0.2, -0.15) is 0 Å². The van der Waals surface area contributed by atoms with E-state index in [2.05, 4.69) is 20.6 Å². The summed E-state index contributed by atoms with van der Waals surface area (Å²) in [6.07, 6.45) is 3.09. The number of hydrogen-bond acceptors (Lipinski definition) is 6. The molecule has 0 aliphatic heterocycles. The summed E-state index contributed by atoms with van der Waals surface area (Å²) in [7, 11) is 0. The Balaban J connectivity index is 1.47. The summed E-state index contributed by atoms with van der Waals surface area (Å²) in [5.41, 5.74) is 0.829. The van der Waals surface area contributed by atoms with Crippen molar-refractivity contribution in [1.82, 2.24) is 20.6 Å². The van der Waals surface area contributed by atoms with Crippen LogP contribution in [0.2, 0.25) is 4.34 Å². The van der Waals surface area contributed by atoms with Crippen LogP contribution < -0.4 is 10.6 Å². The summed E-state index contributed by atoms with van der Waals surface area (Å²) in [4.78, 5) is 33.1. The highest BCUT2D eigenvalue weighted by Crippen LogP contribution is 2.32. The number of amides is 2. The van der Waals surface area contributed by atoms with E-state index in [0.29, 0.717) is 28.7 Å². The summed E-state index contributed by atoms with van der Waals surface area (Å²) in [5.74, 6) is -0.506. The molecule has 6 nitrogen and oxygen atoms in total. The van der Waals surface area contributed by atoms with Gasteiger partial charge in [-0.15, -0.1) is 22.7 Å². The van der Waals surface area contributed by atoms with Gasteiger partial charge in [-0.25, -0.2) is 4.98 Å². The van der Waals surface area contributed by atoms with E-state index in [4.69, 9.17) is 11.6 Å². The van der Waals surface area contributed by atoms with Gasteiger partial charge >= 0.3 is 0 Å². The van der Waals surface area contributed by atoms with Crippen molar-refractivity contribution in [3.05, 3.63) is 57.6 Å². The van der Waals surface area contributed by atoms with Crippen LogP contribution in [0, 0.1) is 0 Å². The van der Waals surface area contributed by atoms with Crippen molar-refractivity contribution in [1.29, 1.82) is 0 Å². The average molecular weight is 393 g/mol. The van der Waals surface area contributed by atoms with Gasteiger partial charge in [0, 0.05) is 30.9 Å². The van der Waals surface area contributed by atoms with Crippen LogP contribution in [0.15, 0.2) is 42.0 Å². The van der Waals surface area contributed by atoms with Crippen molar-refractivity contribution in [2.75, 3.05) is 13.1 Å². The van der Waals surface area contributed by atoms with Crippen LogP contribution >= 0.6 is 34.3 Å². The van der Waals surface area contributed by atoms with Gasteiger partial charge in [0.15, 0.2) is 0 Å². The monoisotopic (exact) mass is 392 g/mol. The molecule has 0 radical (unpaired) electrons. The second kappa shape index (κ2) is 8.19. The maximum Gasteiger partial charge on any atom is 0.270 e. The molecule has 3 rings (SSSR count). The van der Waals surface area contributed by atoms with Gasteiger partial charge in [0.2, 0.25) is 0 Å². The molecule has 3 aromatic rings. The number of rotatable bonds is 6. The number of halogens is 1. The highest BCUT2D eigenvalue weighted by atomic mass is 35.5. The number of thiazole rings is 1. The van der Waals surface area contributed by atoms with Gasteiger partial charge in [-0.3, -0.25) is 14.6 Å². The van der Waals surface area contributed by atoms with E-state index >= 15 is 0 Å². The van der Waals surface area contributed by atoms with Crippen molar-refractivity contribution in [3.63, 3.8) is 0 Å². The van der Waals surface area contributed by atoms with Crippen LogP contribution in [-0.4, -0.2) is 34.9 Å². The molecular weight excluding hydrogens is 380 g/mol. The Kier molecular flexibility index (Phi) is 5.75. The van der Waals surface area contributed by atoms with Crippen LogP contribution in [0.4, 0.5) is 0 Å². The molecule has 0 fully saturated rings. The molecule has 3 heterocycles. The molecule has 0 saturated carbocycles. The van der Waals surface area contributed by atoms with Gasteiger partial charge in [-0.1, -0.05) is 11.6 Å². The Bertz CT molecular complexity index is 879. The quantitative estimate of drug-likeness (QED) is 0.631. The first kappa shape index (κ1) is 17.5. The van der Waals surface area contributed by atoms with Crippen LogP contribution in [0.1, 0.15) is 20.8 Å². The Labute approximate surface area is 156 Å². The fraction of sp³-hybridized carbons (Fsp3) is 0.125. The predicted octanol–water partition coefficient (Wildman–Crippen LogP) is 3.08. The zero-order chi connectivity index (χ0) is 17.6. The smallest absolute Gasteiger partial charge is 0.270 e. The minimum atomic E-state index is -0.277. The summed E-state index contributed by atoms with van der Waals surface area (Å²) in [6, 6.07) is 7.04. The fourth-order valence-corrected chi connectivity index (χ4v) is 3.88. The van der Waals surface area contributed by atoms with Crippen molar-refractivity contribution < 1.29 is 9.59 Å². The highest BCUT2D eigenvalue weighted by Gasteiger charge is 2.13. The SMILES string of the molecule is O=C(NCCNC(=O)c1csc(-c2ccc(Cl)s2)n1)c1cccnc1. The normalized spacial score (nSPS) is 10.4. The standard InChI is InChI=1S/C16H13ClN4O2S2/c17-13-4-3-12(25-13)16-21-11(9-24-16)15(23)20-7-6-19-14(22)10-2-1-5-18-8-10/h1-5,8-9H,6-7H2,(H,19,22)(H,20,23). The first-order valence-electron chi connectivity index (χ1n) is 7.31. The minimum absolute atomic E-state index is 0.229. The molecule has 0 spiro atoms. The number of hydrogen-bond donors (Lipinski definition) is 2. The summed E-state index contributed by atoms with van der Waals surface area (Å²) < 4.78 is 0.681. The largest absolute Gasteiger partial charge is 0.350 e. The Morgan fingerprint density at radius 2 is 1.92 bits per heavy atom. The van der Waals surface area contributed by atoms with E-state index in [1.165, 1.54) is 28.9 Å². The van der Waals surface area contributed by atoms with E-state index < -0.39 is 0 Å². The molecule has 0 unspecified atom stereocenters. The summed E-state index contributed by atoms with van der Waals surface area (Å²) >= 11 is 8.72. The highest BCUT2D eigenvalue weighted by molar-refractivity contribution is 7.23. The number of nitrogens with one attached hydrogen (secondary N) is 2. The molecule has 0 bridgehead atoms. The molecular formula is C16H13ClN4O2S2. The number of nitrogens with zero attached hydrogens (tertiary/aromatic N) is 2. The number of carbonyl (C=O) groups is 2. The molecule has 25 heavy (non-hydrogen) atoms. The first-order chi connectivity index (χ1) is 12.1. The van der Waals surface area contributed by atoms with Crippen LogP contribution in [-0.2, 0) is 0 Å². The number of carbonyl (C=O) groups excluding carboxylic acids is 2. The molecule has 0 aromatic carbocycles. The van der Waals surface area contributed by atoms with E-state index in [1.54, 1.807) is 29.8 Å². The van der Waals surface area contributed by atoms with Gasteiger partial charge < -0.3 is 10.6 Å². The van der Waals surface area contributed by atoms with Crippen molar-refractivity contribution >= 4 is 46.1 Å². The van der Waals surface area contributed by atoms with Crippen molar-refractivity contribution in [2.45, 2.75) is 0 Å². The maximum absolute atomic E-state index is 12.1. The number of aromatic nitrogens is 2. The maximum atomic E-state index is 12.1. The van der Waals surface area contributed by atoms with E-state index in [1.807, 2.05) is 6.07 Å². The van der Waals surface area contributed by atoms with Crippen molar-refractivity contribution in [3.8, 4) is 9.88 Å². The lowest BCUT2D eigenvalue weighted by atomic mass is 10.3. The van der Waals surface area contributed by atoms with Gasteiger partial charge in [-0.05, 0) is 24.3 Å². The van der Waals surface area contributed by atoms with Crippen molar-refractivity contribution in [2.24, 2.45) is 0 Å². The zero-order valence-corrected chi connectivity index (χ0v) is 15.2. The zero-order valence-electron chi connectivity index (χ0n) is 12.9. The van der Waals surface area contributed by atoms with Crippen LogP contribution in [0.25, 0.3) is 9.88 Å². The van der Waals surface area contributed by atoms with E-state index in [9.17, 15) is 9.59 Å². The predicted molar refractivity (Wildman–Crippen MR) is 99.3 cm³/mol. The van der Waals surface area contributed by atoms with E-state index in [0.717, 1.165) is 9.88 Å². The average Bonchev–Trinajstić information content (AvgIpc) is 3.28. The minimum Gasteiger partial charge on any atom is -0.350 e. The fourth-order valence-electron chi connectivity index (χ4n) is 1.96. The second-order valence-electron chi connectivity index (χ2n) is 4.90. The van der Waals surface area contributed by atoms with Gasteiger partial charge in [0.1, 0.15) is 10.7 Å².